The van der Waals surface area contributed by atoms with E-state index in [1.807, 2.05) is 72.8 Å². The van der Waals surface area contributed by atoms with Crippen molar-refractivity contribution in [1.82, 2.24) is 0 Å². The molecule has 0 heterocycles. The normalized spacial score (nSPS) is 21.6. The Labute approximate surface area is 201 Å². The highest BCUT2D eigenvalue weighted by atomic mass is 16.4. The van der Waals surface area contributed by atoms with E-state index in [2.05, 4.69) is 48.5 Å². The van der Waals surface area contributed by atoms with E-state index in [1.54, 1.807) is 13.8 Å². The number of benzene rings is 4. The first-order valence-electron chi connectivity index (χ1n) is 11.6. The number of aliphatic hydroxyl groups is 2. The maximum Gasteiger partial charge on any atom is 0.120 e. The van der Waals surface area contributed by atoms with Crippen LogP contribution in [0.1, 0.15) is 36.1 Å². The Hall–Kier alpha value is -3.72. The van der Waals surface area contributed by atoms with Gasteiger partial charge in [-0.1, -0.05) is 121 Å². The molecular formula is C32H28O2. The summed E-state index contributed by atoms with van der Waals surface area (Å²) in [6.07, 6.45) is 0. The second-order valence-electron chi connectivity index (χ2n) is 9.11. The summed E-state index contributed by atoms with van der Waals surface area (Å²) in [6, 6.07) is 40.4. The molecule has 2 heteroatoms. The Balaban J connectivity index is 1.93. The molecule has 0 amide bonds. The van der Waals surface area contributed by atoms with E-state index >= 15 is 0 Å². The third-order valence-corrected chi connectivity index (χ3v) is 6.92. The van der Waals surface area contributed by atoms with Gasteiger partial charge in [-0.05, 0) is 47.2 Å². The average molecular weight is 445 g/mol. The van der Waals surface area contributed by atoms with E-state index in [0.717, 1.165) is 44.5 Å². The van der Waals surface area contributed by atoms with Crippen LogP contribution >= 0.6 is 0 Å². The van der Waals surface area contributed by atoms with Gasteiger partial charge in [-0.25, -0.2) is 0 Å². The minimum atomic E-state index is -1.45. The molecule has 2 atom stereocenters. The Morgan fingerprint density at radius 2 is 0.618 bits per heavy atom. The largest absolute Gasteiger partial charge is 0.382 e. The predicted molar refractivity (Wildman–Crippen MR) is 139 cm³/mol. The van der Waals surface area contributed by atoms with Crippen LogP contribution in [0.25, 0.3) is 11.1 Å². The van der Waals surface area contributed by atoms with Crippen LogP contribution in [0.15, 0.2) is 132 Å². The summed E-state index contributed by atoms with van der Waals surface area (Å²) in [4.78, 5) is 0. The smallest absolute Gasteiger partial charge is 0.120 e. The first-order valence-corrected chi connectivity index (χ1v) is 11.6. The summed E-state index contributed by atoms with van der Waals surface area (Å²) in [5.74, 6) is 0. The lowest BCUT2D eigenvalue weighted by atomic mass is 9.55. The van der Waals surface area contributed by atoms with Gasteiger partial charge in [-0.3, -0.25) is 0 Å². The van der Waals surface area contributed by atoms with Crippen LogP contribution in [0.4, 0.5) is 0 Å². The Bertz CT molecular complexity index is 1160. The molecule has 2 nitrogen and oxygen atoms in total. The van der Waals surface area contributed by atoms with Gasteiger partial charge in [0, 0.05) is 11.1 Å². The zero-order chi connectivity index (χ0) is 23.8. The highest BCUT2D eigenvalue weighted by Gasteiger charge is 2.61. The molecule has 0 aromatic heterocycles. The Morgan fingerprint density at radius 1 is 0.412 bits per heavy atom. The van der Waals surface area contributed by atoms with Crippen molar-refractivity contribution >= 4 is 11.1 Å². The predicted octanol–water partition coefficient (Wildman–Crippen LogP) is 6.51. The molecule has 1 saturated carbocycles. The molecule has 2 unspecified atom stereocenters. The topological polar surface area (TPSA) is 40.5 Å². The van der Waals surface area contributed by atoms with Crippen molar-refractivity contribution in [2.45, 2.75) is 25.0 Å². The van der Waals surface area contributed by atoms with Gasteiger partial charge in [0.1, 0.15) is 11.2 Å². The highest BCUT2D eigenvalue weighted by Crippen LogP contribution is 2.58. The third kappa shape index (κ3) is 3.52. The number of hydrogen-bond acceptors (Lipinski definition) is 2. The summed E-state index contributed by atoms with van der Waals surface area (Å²) in [7, 11) is 0. The molecule has 4 aromatic rings. The van der Waals surface area contributed by atoms with E-state index in [-0.39, 0.29) is 0 Å². The zero-order valence-corrected chi connectivity index (χ0v) is 19.4. The van der Waals surface area contributed by atoms with Crippen molar-refractivity contribution in [2.75, 3.05) is 0 Å². The molecule has 0 aliphatic heterocycles. The van der Waals surface area contributed by atoms with Crippen molar-refractivity contribution in [1.29, 1.82) is 0 Å². The fraction of sp³-hybridized carbons (Fsp3) is 0.125. The lowest BCUT2D eigenvalue weighted by molar-refractivity contribution is -0.115. The van der Waals surface area contributed by atoms with Crippen LogP contribution < -0.4 is 0 Å². The van der Waals surface area contributed by atoms with Gasteiger partial charge in [-0.2, -0.15) is 0 Å². The molecule has 0 spiro atoms. The molecule has 2 N–H and O–H groups in total. The molecule has 168 valence electrons. The van der Waals surface area contributed by atoms with Gasteiger partial charge in [0.25, 0.3) is 0 Å². The fourth-order valence-corrected chi connectivity index (χ4v) is 4.98. The van der Waals surface area contributed by atoms with E-state index in [9.17, 15) is 10.2 Å². The minimum absolute atomic E-state index is 0.748. The summed E-state index contributed by atoms with van der Waals surface area (Å²) in [6.45, 7) is 3.43. The van der Waals surface area contributed by atoms with E-state index < -0.39 is 11.2 Å². The lowest BCUT2D eigenvalue weighted by Gasteiger charge is -2.55. The molecule has 0 saturated heterocycles. The van der Waals surface area contributed by atoms with Gasteiger partial charge in [-0.15, -0.1) is 0 Å². The van der Waals surface area contributed by atoms with Crippen molar-refractivity contribution in [2.24, 2.45) is 0 Å². The number of hydrogen-bond donors (Lipinski definition) is 2. The standard InChI is InChI=1S/C32H28O2/c1-31(33)29(27(23-15-7-3-8-16-23)24-17-9-4-10-18-24)30(32(31,2)34)28(25-19-11-5-12-20-25)26-21-13-6-14-22-26/h3-22,33-34H,1-2H3. The monoisotopic (exact) mass is 444 g/mol. The van der Waals surface area contributed by atoms with Crippen LogP contribution in [-0.4, -0.2) is 21.4 Å². The molecule has 34 heavy (non-hydrogen) atoms. The molecule has 4 aromatic carbocycles. The molecule has 0 radical (unpaired) electrons. The van der Waals surface area contributed by atoms with Crippen LogP contribution in [0, 0.1) is 0 Å². The highest BCUT2D eigenvalue weighted by molar-refractivity contribution is 5.97. The van der Waals surface area contributed by atoms with Crippen LogP contribution in [-0.2, 0) is 0 Å². The molecule has 1 fully saturated rings. The van der Waals surface area contributed by atoms with Crippen molar-refractivity contribution in [3.63, 3.8) is 0 Å². The fourth-order valence-electron chi connectivity index (χ4n) is 4.98. The third-order valence-electron chi connectivity index (χ3n) is 6.92. The second-order valence-corrected chi connectivity index (χ2v) is 9.11. The van der Waals surface area contributed by atoms with Crippen LogP contribution in [0.3, 0.4) is 0 Å². The van der Waals surface area contributed by atoms with E-state index in [0.29, 0.717) is 0 Å². The van der Waals surface area contributed by atoms with Crippen LogP contribution in [0.5, 0.6) is 0 Å². The summed E-state index contributed by atoms with van der Waals surface area (Å²) in [5.41, 5.74) is 4.45. The molecule has 1 aliphatic carbocycles. The maximum absolute atomic E-state index is 11.8. The Morgan fingerprint density at radius 3 is 0.824 bits per heavy atom. The SMILES string of the molecule is CC1(O)C(=C(c2ccccc2)c2ccccc2)C(=C(c2ccccc2)c2ccccc2)C1(C)O. The second kappa shape index (κ2) is 8.57. The van der Waals surface area contributed by atoms with Crippen molar-refractivity contribution in [3.8, 4) is 0 Å². The van der Waals surface area contributed by atoms with Crippen molar-refractivity contribution < 1.29 is 10.2 Å². The van der Waals surface area contributed by atoms with E-state index in [1.165, 1.54) is 0 Å². The van der Waals surface area contributed by atoms with Crippen molar-refractivity contribution in [3.05, 3.63) is 155 Å². The summed E-state index contributed by atoms with van der Waals surface area (Å²) < 4.78 is 0. The lowest BCUT2D eigenvalue weighted by Crippen LogP contribution is -2.64. The molecule has 0 bridgehead atoms. The molecular weight excluding hydrogens is 416 g/mol. The quantitative estimate of drug-likeness (QED) is 0.377. The summed E-state index contributed by atoms with van der Waals surface area (Å²) >= 11 is 0. The zero-order valence-electron chi connectivity index (χ0n) is 19.4. The van der Waals surface area contributed by atoms with Gasteiger partial charge in [0.2, 0.25) is 0 Å². The molecule has 5 rings (SSSR count). The van der Waals surface area contributed by atoms with Gasteiger partial charge in [0.05, 0.1) is 0 Å². The van der Waals surface area contributed by atoms with Gasteiger partial charge in [0.15, 0.2) is 0 Å². The van der Waals surface area contributed by atoms with E-state index in [4.69, 9.17) is 0 Å². The first-order chi connectivity index (χ1) is 16.4. The number of rotatable bonds is 4. The first kappa shape index (κ1) is 22.1. The van der Waals surface area contributed by atoms with Gasteiger partial charge >= 0.3 is 0 Å². The maximum atomic E-state index is 11.8. The minimum Gasteiger partial charge on any atom is -0.382 e. The van der Waals surface area contributed by atoms with Crippen LogP contribution in [0.2, 0.25) is 0 Å². The summed E-state index contributed by atoms with van der Waals surface area (Å²) in [5, 5.41) is 23.5. The average Bonchev–Trinajstić information content (AvgIpc) is 2.88. The Kier molecular flexibility index (Phi) is 5.57. The van der Waals surface area contributed by atoms with Gasteiger partial charge < -0.3 is 10.2 Å². The molecule has 1 aliphatic rings.